The van der Waals surface area contributed by atoms with Crippen molar-refractivity contribution in [3.8, 4) is 0 Å². The number of aromatic nitrogens is 3. The number of nitrogens with zero attached hydrogens (tertiary/aromatic N) is 2. The van der Waals surface area contributed by atoms with Crippen molar-refractivity contribution in [2.75, 3.05) is 0 Å². The molecule has 0 radical (unpaired) electrons. The lowest BCUT2D eigenvalue weighted by atomic mass is 9.86. The third-order valence-electron chi connectivity index (χ3n) is 5.11. The summed E-state index contributed by atoms with van der Waals surface area (Å²) >= 11 is 14.3. The largest absolute Gasteiger partial charge is 0.266 e. The maximum absolute atomic E-state index is 3.57. The van der Waals surface area contributed by atoms with Gasteiger partial charge < -0.3 is 0 Å². The molecule has 1 aromatic heterocycles. The van der Waals surface area contributed by atoms with Gasteiger partial charge >= 0.3 is 0 Å². The number of aromatic amines is 1. The van der Waals surface area contributed by atoms with Gasteiger partial charge in [-0.05, 0) is 81.9 Å². The van der Waals surface area contributed by atoms with E-state index in [-0.39, 0.29) is 0 Å². The predicted octanol–water partition coefficient (Wildman–Crippen LogP) is 9.55. The monoisotopic (exact) mass is 713 g/mol. The van der Waals surface area contributed by atoms with Crippen molar-refractivity contribution in [1.29, 1.82) is 0 Å². The maximum atomic E-state index is 3.57. The Morgan fingerprint density at radius 2 is 0.743 bits per heavy atom. The Hall–Kier alpha value is -2.32. The number of hydrogen-bond acceptors (Lipinski definition) is 2. The van der Waals surface area contributed by atoms with Crippen LogP contribution in [0.4, 0.5) is 0 Å². The minimum atomic E-state index is 1.07. The highest BCUT2D eigenvalue weighted by molar-refractivity contribution is 9.11. The Kier molecular flexibility index (Phi) is 9.26. The second-order valence-electron chi connectivity index (χ2n) is 7.43. The van der Waals surface area contributed by atoms with Crippen molar-refractivity contribution in [3.05, 3.63) is 150 Å². The zero-order valence-electron chi connectivity index (χ0n) is 18.3. The highest BCUT2D eigenvalue weighted by Crippen LogP contribution is 2.38. The van der Waals surface area contributed by atoms with E-state index in [0.717, 1.165) is 17.9 Å². The smallest absolute Gasteiger partial charge is 0.137 e. The molecular weight excluding hydrogens is 698 g/mol. The van der Waals surface area contributed by atoms with Crippen LogP contribution in [0.1, 0.15) is 22.3 Å². The fourth-order valence-corrected chi connectivity index (χ4v) is 4.60. The van der Waals surface area contributed by atoms with E-state index in [0.29, 0.717) is 0 Å². The van der Waals surface area contributed by atoms with Crippen LogP contribution in [0.5, 0.6) is 0 Å². The van der Waals surface area contributed by atoms with Crippen LogP contribution in [0.3, 0.4) is 0 Å². The van der Waals surface area contributed by atoms with Crippen molar-refractivity contribution in [3.63, 3.8) is 0 Å². The van der Waals surface area contributed by atoms with Gasteiger partial charge in [0.1, 0.15) is 12.7 Å². The zero-order valence-corrected chi connectivity index (χ0v) is 24.6. The third kappa shape index (κ3) is 7.10. The van der Waals surface area contributed by atoms with Crippen molar-refractivity contribution >= 4 is 74.9 Å². The van der Waals surface area contributed by atoms with Crippen LogP contribution in [0, 0.1) is 0 Å². The molecule has 1 heterocycles. The van der Waals surface area contributed by atoms with Gasteiger partial charge in [0.25, 0.3) is 0 Å². The van der Waals surface area contributed by atoms with E-state index >= 15 is 0 Å². The molecular formula is C28H19Br4N3. The summed E-state index contributed by atoms with van der Waals surface area (Å²) < 4.78 is 4.26. The molecule has 4 aromatic carbocycles. The van der Waals surface area contributed by atoms with Crippen molar-refractivity contribution in [2.24, 2.45) is 0 Å². The third-order valence-corrected chi connectivity index (χ3v) is 7.23. The van der Waals surface area contributed by atoms with E-state index < -0.39 is 0 Å². The van der Waals surface area contributed by atoms with E-state index in [1.165, 1.54) is 46.1 Å². The summed E-state index contributed by atoms with van der Waals surface area (Å²) in [6, 6.07) is 34.1. The summed E-state index contributed by atoms with van der Waals surface area (Å²) in [5, 5.41) is 5.99. The van der Waals surface area contributed by atoms with Gasteiger partial charge in [-0.1, -0.05) is 112 Å². The van der Waals surface area contributed by atoms with E-state index in [2.05, 4.69) is 176 Å². The molecule has 0 saturated heterocycles. The van der Waals surface area contributed by atoms with Gasteiger partial charge in [-0.25, -0.2) is 4.98 Å². The van der Waals surface area contributed by atoms with Crippen LogP contribution >= 0.6 is 63.7 Å². The topological polar surface area (TPSA) is 41.6 Å². The number of halogens is 4. The lowest BCUT2D eigenvalue weighted by molar-refractivity contribution is 1.09. The zero-order chi connectivity index (χ0) is 24.6. The molecule has 0 fully saturated rings. The summed E-state index contributed by atoms with van der Waals surface area (Å²) in [4.78, 5) is 3.56. The minimum Gasteiger partial charge on any atom is -0.266 e. The van der Waals surface area contributed by atoms with Gasteiger partial charge in [0.2, 0.25) is 0 Å². The second-order valence-corrected chi connectivity index (χ2v) is 11.1. The molecule has 1 N–H and O–H groups in total. The first-order valence-electron chi connectivity index (χ1n) is 10.6. The second kappa shape index (κ2) is 12.6. The first-order valence-corrected chi connectivity index (χ1v) is 13.8. The predicted molar refractivity (Wildman–Crippen MR) is 158 cm³/mol. The normalized spacial score (nSPS) is 10.3. The van der Waals surface area contributed by atoms with E-state index in [1.54, 1.807) is 0 Å². The molecule has 7 heteroatoms. The molecule has 0 saturated carbocycles. The van der Waals surface area contributed by atoms with E-state index in [4.69, 9.17) is 0 Å². The SMILES string of the molecule is Brc1ccc(C(=C(c2ccc(Br)cc2)c2ccc(Br)cc2)c2ccc(Br)cc2)cc1.c1nc[nH]n1. The Morgan fingerprint density at radius 1 is 0.457 bits per heavy atom. The molecule has 0 aliphatic rings. The van der Waals surface area contributed by atoms with Gasteiger partial charge in [0.05, 0.1) is 0 Å². The molecule has 0 atom stereocenters. The van der Waals surface area contributed by atoms with Crippen LogP contribution in [-0.4, -0.2) is 15.2 Å². The molecule has 3 nitrogen and oxygen atoms in total. The Bertz CT molecular complexity index is 1170. The van der Waals surface area contributed by atoms with Gasteiger partial charge in [-0.3, -0.25) is 5.10 Å². The summed E-state index contributed by atoms with van der Waals surface area (Å²) in [6.45, 7) is 0. The van der Waals surface area contributed by atoms with E-state index in [9.17, 15) is 0 Å². The number of benzene rings is 4. The molecule has 0 aliphatic heterocycles. The van der Waals surface area contributed by atoms with E-state index in [1.807, 2.05) is 0 Å². The fraction of sp³-hybridized carbons (Fsp3) is 0. The number of nitrogens with one attached hydrogen (secondary N) is 1. The Labute approximate surface area is 238 Å². The summed E-state index contributed by atoms with van der Waals surface area (Å²) in [5.74, 6) is 0. The molecule has 0 bridgehead atoms. The lowest BCUT2D eigenvalue weighted by Crippen LogP contribution is -1.97. The average molecular weight is 717 g/mol. The van der Waals surface area contributed by atoms with Crippen molar-refractivity contribution in [2.45, 2.75) is 0 Å². The van der Waals surface area contributed by atoms with Crippen LogP contribution in [0.2, 0.25) is 0 Å². The van der Waals surface area contributed by atoms with Crippen LogP contribution < -0.4 is 0 Å². The van der Waals surface area contributed by atoms with Gasteiger partial charge in [0, 0.05) is 17.9 Å². The molecule has 5 aromatic rings. The van der Waals surface area contributed by atoms with Crippen LogP contribution in [-0.2, 0) is 0 Å². The molecule has 35 heavy (non-hydrogen) atoms. The fourth-order valence-electron chi connectivity index (χ4n) is 3.54. The van der Waals surface area contributed by atoms with Gasteiger partial charge in [0.15, 0.2) is 0 Å². The first-order chi connectivity index (χ1) is 17.0. The molecule has 174 valence electrons. The summed E-state index contributed by atoms with van der Waals surface area (Å²) in [5.41, 5.74) is 7.06. The standard InChI is InChI=1S/C26H16Br4.C2H3N3/c27-21-9-1-17(2-10-21)25(18-3-11-22(28)12-4-18)26(19-5-13-23(29)14-6-19)20-7-15-24(30)16-8-20;1-3-2-5-4-1/h1-16H;1-2H,(H,3,4,5). The highest BCUT2D eigenvalue weighted by atomic mass is 79.9. The summed E-state index contributed by atoms with van der Waals surface area (Å²) in [6.07, 6.45) is 2.96. The summed E-state index contributed by atoms with van der Waals surface area (Å²) in [7, 11) is 0. The van der Waals surface area contributed by atoms with Gasteiger partial charge in [-0.15, -0.1) is 0 Å². The lowest BCUT2D eigenvalue weighted by Gasteiger charge is -2.18. The number of H-pyrrole nitrogens is 1. The average Bonchev–Trinajstić information content (AvgIpc) is 3.46. The van der Waals surface area contributed by atoms with Crippen molar-refractivity contribution < 1.29 is 0 Å². The minimum absolute atomic E-state index is 1.07. The quantitative estimate of drug-likeness (QED) is 0.188. The van der Waals surface area contributed by atoms with Crippen molar-refractivity contribution in [1.82, 2.24) is 15.2 Å². The first kappa shape index (κ1) is 25.8. The van der Waals surface area contributed by atoms with Gasteiger partial charge in [-0.2, -0.15) is 5.10 Å². The Balaban J connectivity index is 0.000000514. The molecule has 0 aliphatic carbocycles. The molecule has 5 rings (SSSR count). The highest BCUT2D eigenvalue weighted by Gasteiger charge is 2.16. The molecule has 0 spiro atoms. The number of rotatable bonds is 4. The molecule has 0 unspecified atom stereocenters. The number of hydrogen-bond donors (Lipinski definition) is 1. The van der Waals surface area contributed by atoms with Crippen LogP contribution in [0.25, 0.3) is 11.1 Å². The maximum Gasteiger partial charge on any atom is 0.137 e. The van der Waals surface area contributed by atoms with Crippen LogP contribution in [0.15, 0.2) is 128 Å². The Morgan fingerprint density at radius 3 is 0.914 bits per heavy atom. The molecule has 0 amide bonds.